The second-order valence-electron chi connectivity index (χ2n) is 9.32. The summed E-state index contributed by atoms with van der Waals surface area (Å²) in [5, 5.41) is 3.10. The van der Waals surface area contributed by atoms with Crippen LogP contribution >= 0.6 is 0 Å². The lowest BCUT2D eigenvalue weighted by atomic mass is 10.0. The van der Waals surface area contributed by atoms with Crippen molar-refractivity contribution in [2.75, 3.05) is 13.2 Å². The molecule has 0 aliphatic rings. The quantitative estimate of drug-likeness (QED) is 0.278. The molecule has 0 bridgehead atoms. The molecule has 0 atom stereocenters. The van der Waals surface area contributed by atoms with Gasteiger partial charge in [-0.25, -0.2) is 4.98 Å². The molecule has 0 radical (unpaired) electrons. The number of unbranched alkanes of at least 4 members (excludes halogenated alkanes) is 2. The summed E-state index contributed by atoms with van der Waals surface area (Å²) in [6, 6.07) is 16.6. The van der Waals surface area contributed by atoms with Gasteiger partial charge in [-0.3, -0.25) is 4.79 Å². The Morgan fingerprint density at radius 3 is 2.50 bits per heavy atom. The van der Waals surface area contributed by atoms with Crippen LogP contribution in [0.25, 0.3) is 11.0 Å². The summed E-state index contributed by atoms with van der Waals surface area (Å²) < 4.78 is 8.51. The molecule has 1 heterocycles. The van der Waals surface area contributed by atoms with Crippen LogP contribution in [0.4, 0.5) is 0 Å². The minimum absolute atomic E-state index is 0.148. The summed E-state index contributed by atoms with van der Waals surface area (Å²) in [5.74, 6) is 2.86. The number of carbonyl (C=O) groups is 1. The fraction of sp³-hybridized carbons (Fsp3) is 0.517. The van der Waals surface area contributed by atoms with Gasteiger partial charge in [-0.15, -0.1) is 0 Å². The van der Waals surface area contributed by atoms with Gasteiger partial charge < -0.3 is 14.6 Å². The Labute approximate surface area is 204 Å². The number of carbonyl (C=O) groups excluding carboxylic acids is 1. The van der Waals surface area contributed by atoms with E-state index in [1.807, 2.05) is 12.1 Å². The van der Waals surface area contributed by atoms with E-state index in [4.69, 9.17) is 9.72 Å². The Morgan fingerprint density at radius 1 is 1.00 bits per heavy atom. The highest BCUT2D eigenvalue weighted by atomic mass is 16.5. The number of aryl methyl sites for hydroxylation is 1. The van der Waals surface area contributed by atoms with Gasteiger partial charge in [0, 0.05) is 18.9 Å². The predicted molar refractivity (Wildman–Crippen MR) is 140 cm³/mol. The van der Waals surface area contributed by atoms with Crippen molar-refractivity contribution in [2.24, 2.45) is 5.92 Å². The Bertz CT molecular complexity index is 1040. The Balaban J connectivity index is 1.54. The van der Waals surface area contributed by atoms with E-state index < -0.39 is 0 Å². The Hall–Kier alpha value is -2.82. The second kappa shape index (κ2) is 13.2. The van der Waals surface area contributed by atoms with Crippen LogP contribution in [0.1, 0.15) is 77.1 Å². The highest BCUT2D eigenvalue weighted by Crippen LogP contribution is 2.26. The summed E-state index contributed by atoms with van der Waals surface area (Å²) in [4.78, 5) is 17.0. The number of fused-ring (bicyclic) bond motifs is 1. The number of rotatable bonds is 14. The van der Waals surface area contributed by atoms with Gasteiger partial charge >= 0.3 is 0 Å². The van der Waals surface area contributed by atoms with Crippen molar-refractivity contribution in [3.8, 4) is 5.75 Å². The maximum absolute atomic E-state index is 12.1. The average Bonchev–Trinajstić information content (AvgIpc) is 3.19. The molecule has 2 aromatic carbocycles. The maximum atomic E-state index is 12.1. The fourth-order valence-electron chi connectivity index (χ4n) is 4.50. The third kappa shape index (κ3) is 6.85. The van der Waals surface area contributed by atoms with Crippen LogP contribution in [-0.4, -0.2) is 28.6 Å². The maximum Gasteiger partial charge on any atom is 0.223 e. The van der Waals surface area contributed by atoms with E-state index in [9.17, 15) is 4.79 Å². The van der Waals surface area contributed by atoms with Gasteiger partial charge in [0.25, 0.3) is 0 Å². The number of imidazole rings is 1. The number of amides is 1. The van der Waals surface area contributed by atoms with E-state index in [2.05, 4.69) is 74.0 Å². The summed E-state index contributed by atoms with van der Waals surface area (Å²) >= 11 is 0. The topological polar surface area (TPSA) is 56.2 Å². The van der Waals surface area contributed by atoms with Crippen molar-refractivity contribution < 1.29 is 9.53 Å². The molecule has 0 fully saturated rings. The minimum Gasteiger partial charge on any atom is -0.491 e. The molecule has 0 saturated heterocycles. The average molecular weight is 464 g/mol. The van der Waals surface area contributed by atoms with Crippen LogP contribution in [0, 0.1) is 5.92 Å². The number of aromatic nitrogens is 2. The number of ether oxygens (including phenoxy) is 1. The molecule has 0 unspecified atom stereocenters. The van der Waals surface area contributed by atoms with Crippen LogP contribution in [0.5, 0.6) is 5.75 Å². The Morgan fingerprint density at radius 2 is 1.74 bits per heavy atom. The lowest BCUT2D eigenvalue weighted by Crippen LogP contribution is -2.30. The summed E-state index contributed by atoms with van der Waals surface area (Å²) in [6.07, 6.45) is 5.88. The second-order valence-corrected chi connectivity index (χ2v) is 9.32. The van der Waals surface area contributed by atoms with E-state index >= 15 is 0 Å². The fourth-order valence-corrected chi connectivity index (χ4v) is 4.50. The van der Waals surface area contributed by atoms with E-state index in [0.717, 1.165) is 74.2 Å². The zero-order valence-corrected chi connectivity index (χ0v) is 21.3. The molecule has 3 rings (SSSR count). The number of nitrogens with zero attached hydrogens (tertiary/aromatic N) is 2. The van der Waals surface area contributed by atoms with Crippen LogP contribution in [0.2, 0.25) is 0 Å². The third-order valence-electron chi connectivity index (χ3n) is 6.58. The van der Waals surface area contributed by atoms with E-state index in [1.165, 1.54) is 5.56 Å². The molecule has 0 spiro atoms. The van der Waals surface area contributed by atoms with Gasteiger partial charge in [0.1, 0.15) is 18.2 Å². The van der Waals surface area contributed by atoms with Gasteiger partial charge in [-0.05, 0) is 55.4 Å². The zero-order valence-electron chi connectivity index (χ0n) is 21.3. The van der Waals surface area contributed by atoms with Crippen LogP contribution < -0.4 is 10.1 Å². The molecular formula is C29H41N3O2. The highest BCUT2D eigenvalue weighted by Gasteiger charge is 2.14. The molecule has 1 N–H and O–H groups in total. The van der Waals surface area contributed by atoms with Crippen LogP contribution in [0.15, 0.2) is 48.5 Å². The SMILES string of the molecule is CCC(CC)C(=O)NCCCCCc1nc2ccccc2n1CCOc1ccccc1C(C)C. The van der Waals surface area contributed by atoms with Crippen molar-refractivity contribution in [3.05, 3.63) is 59.9 Å². The largest absolute Gasteiger partial charge is 0.491 e. The zero-order chi connectivity index (χ0) is 24.3. The molecule has 1 amide bonds. The smallest absolute Gasteiger partial charge is 0.223 e. The Kier molecular flexibility index (Phi) is 9.99. The first-order valence-electron chi connectivity index (χ1n) is 13.0. The molecule has 5 heteroatoms. The van der Waals surface area contributed by atoms with E-state index in [-0.39, 0.29) is 11.8 Å². The van der Waals surface area contributed by atoms with Crippen molar-refractivity contribution in [1.29, 1.82) is 0 Å². The van der Waals surface area contributed by atoms with E-state index in [1.54, 1.807) is 0 Å². The molecule has 34 heavy (non-hydrogen) atoms. The molecular weight excluding hydrogens is 422 g/mol. The van der Waals surface area contributed by atoms with Crippen molar-refractivity contribution >= 4 is 16.9 Å². The third-order valence-corrected chi connectivity index (χ3v) is 6.58. The molecule has 1 aromatic heterocycles. The highest BCUT2D eigenvalue weighted by molar-refractivity contribution is 5.78. The minimum atomic E-state index is 0.148. The van der Waals surface area contributed by atoms with Gasteiger partial charge in [0.2, 0.25) is 5.91 Å². The van der Waals surface area contributed by atoms with Crippen molar-refractivity contribution in [2.45, 2.75) is 78.7 Å². The molecule has 0 aliphatic carbocycles. The number of nitrogens with one attached hydrogen (secondary N) is 1. The standard InChI is InChI=1S/C29H41N3O2/c1-5-23(6-2)29(33)30-19-13-7-8-18-28-31-25-15-10-11-16-26(25)32(28)20-21-34-27-17-12-9-14-24(27)22(3)4/h9-12,14-17,22-23H,5-8,13,18-21H2,1-4H3,(H,30,33). The molecule has 184 valence electrons. The summed E-state index contributed by atoms with van der Waals surface area (Å²) in [5.41, 5.74) is 3.45. The lowest BCUT2D eigenvalue weighted by molar-refractivity contribution is -0.125. The lowest BCUT2D eigenvalue weighted by Gasteiger charge is -2.15. The van der Waals surface area contributed by atoms with Gasteiger partial charge in [0.05, 0.1) is 17.6 Å². The number of hydrogen-bond donors (Lipinski definition) is 1. The molecule has 0 aliphatic heterocycles. The van der Waals surface area contributed by atoms with Crippen LogP contribution in [0.3, 0.4) is 0 Å². The first-order valence-corrected chi connectivity index (χ1v) is 13.0. The number of para-hydroxylation sites is 3. The number of benzene rings is 2. The predicted octanol–water partition coefficient (Wildman–Crippen LogP) is 6.50. The monoisotopic (exact) mass is 463 g/mol. The first kappa shape index (κ1) is 25.8. The van der Waals surface area contributed by atoms with Gasteiger partial charge in [-0.1, -0.05) is 64.4 Å². The molecule has 5 nitrogen and oxygen atoms in total. The van der Waals surface area contributed by atoms with Crippen molar-refractivity contribution in [1.82, 2.24) is 14.9 Å². The van der Waals surface area contributed by atoms with Gasteiger partial charge in [0.15, 0.2) is 0 Å². The normalized spacial score (nSPS) is 11.5. The van der Waals surface area contributed by atoms with Crippen molar-refractivity contribution in [3.63, 3.8) is 0 Å². The number of hydrogen-bond acceptors (Lipinski definition) is 3. The summed E-state index contributed by atoms with van der Waals surface area (Å²) in [6.45, 7) is 10.7. The van der Waals surface area contributed by atoms with Gasteiger partial charge in [-0.2, -0.15) is 0 Å². The summed E-state index contributed by atoms with van der Waals surface area (Å²) in [7, 11) is 0. The molecule has 3 aromatic rings. The first-order chi connectivity index (χ1) is 16.5. The molecule has 0 saturated carbocycles. The van der Waals surface area contributed by atoms with Crippen LogP contribution in [-0.2, 0) is 17.8 Å². The van der Waals surface area contributed by atoms with E-state index in [0.29, 0.717) is 12.5 Å².